The Kier molecular flexibility index (Phi) is 36.6. The predicted molar refractivity (Wildman–Crippen MR) is 273 cm³/mol. The van der Waals surface area contributed by atoms with E-state index in [-0.39, 0.29) is 30.2 Å². The molecule has 1 atom stereocenters. The summed E-state index contributed by atoms with van der Waals surface area (Å²) in [6.45, 7) is 13.7. The van der Waals surface area contributed by atoms with Crippen LogP contribution in [-0.2, 0) is 23.8 Å². The van der Waals surface area contributed by atoms with E-state index in [1.54, 1.807) is 0 Å². The second-order valence-corrected chi connectivity index (χ2v) is 19.6. The molecular weight excluding hydrogens is 815 g/mol. The lowest BCUT2D eigenvalue weighted by molar-refractivity contribution is -0.151. The number of nitrogens with zero attached hydrogens (tertiary/aromatic N) is 1. The first-order valence-corrected chi connectivity index (χ1v) is 27.8. The van der Waals surface area contributed by atoms with Crippen molar-refractivity contribution < 1.29 is 23.8 Å². The molecule has 2 rings (SSSR count). The maximum atomic E-state index is 12.9. The Morgan fingerprint density at radius 3 is 1.31 bits per heavy atom. The van der Waals surface area contributed by atoms with Crippen molar-refractivity contribution in [2.24, 2.45) is 0 Å². The molecule has 0 amide bonds. The lowest BCUT2D eigenvalue weighted by atomic mass is 10.0. The monoisotopic (exact) mass is 916 g/mol. The molecule has 2 N–H and O–H groups in total. The SMILES string of the molecule is CCCCCCCCC(CCC)OC(=O)CCCCCCCN(CCCCCCCC(=O)OC(CCCCCCCC)CCCCCCCC)CCCNc1c(NC2COC2)c(=O)c1=O. The summed E-state index contributed by atoms with van der Waals surface area (Å²) in [5.74, 6) is -0.0288. The molecule has 0 aliphatic carbocycles. The van der Waals surface area contributed by atoms with Crippen molar-refractivity contribution in [1.29, 1.82) is 0 Å². The molecule has 1 fully saturated rings. The van der Waals surface area contributed by atoms with Crippen molar-refractivity contribution in [2.75, 3.05) is 50.0 Å². The van der Waals surface area contributed by atoms with Crippen molar-refractivity contribution in [2.45, 2.75) is 277 Å². The number of ether oxygens (including phenoxy) is 3. The van der Waals surface area contributed by atoms with Gasteiger partial charge in [-0.2, -0.15) is 0 Å². The highest BCUT2D eigenvalue weighted by atomic mass is 16.5. The van der Waals surface area contributed by atoms with Gasteiger partial charge in [-0.3, -0.25) is 19.2 Å². The fraction of sp³-hybridized carbons (Fsp3) is 0.891. The Bertz CT molecular complexity index is 1340. The van der Waals surface area contributed by atoms with Gasteiger partial charge in [-0.25, -0.2) is 0 Å². The first-order valence-electron chi connectivity index (χ1n) is 27.8. The molecule has 1 unspecified atom stereocenters. The van der Waals surface area contributed by atoms with Gasteiger partial charge < -0.3 is 29.7 Å². The average molecular weight is 916 g/mol. The van der Waals surface area contributed by atoms with Crippen LogP contribution >= 0.6 is 0 Å². The van der Waals surface area contributed by atoms with Crippen LogP contribution in [0.2, 0.25) is 0 Å². The highest BCUT2D eigenvalue weighted by Crippen LogP contribution is 2.21. The fourth-order valence-electron chi connectivity index (χ4n) is 9.14. The number of rotatable bonds is 48. The molecule has 1 heterocycles. The standard InChI is InChI=1S/C55H101N3O7/c1-5-9-12-15-20-27-36-48(35-8-4)64-50(59)39-30-23-18-25-32-42-58(44-34-41-56-52-53(55(62)54(52)61)57-47-45-63-46-47)43-33-26-19-24-31-40-51(60)65-49(37-28-21-16-13-10-6-2)38-29-22-17-14-11-7-3/h47-49,56-57H,5-46H2,1-4H3. The molecule has 10 heteroatoms. The van der Waals surface area contributed by atoms with Gasteiger partial charge in [-0.05, 0) is 96.7 Å². The first kappa shape index (κ1) is 58.7. The van der Waals surface area contributed by atoms with E-state index in [0.717, 1.165) is 142 Å². The fourth-order valence-corrected chi connectivity index (χ4v) is 9.14. The van der Waals surface area contributed by atoms with Gasteiger partial charge in [0.15, 0.2) is 0 Å². The number of carbonyl (C=O) groups excluding carboxylic acids is 2. The third kappa shape index (κ3) is 29.8. The first-order chi connectivity index (χ1) is 31.8. The zero-order chi connectivity index (χ0) is 47.0. The summed E-state index contributed by atoms with van der Waals surface area (Å²) in [7, 11) is 0. The van der Waals surface area contributed by atoms with Gasteiger partial charge in [-0.15, -0.1) is 0 Å². The Balaban J connectivity index is 1.72. The summed E-state index contributed by atoms with van der Waals surface area (Å²) >= 11 is 0. The van der Waals surface area contributed by atoms with E-state index < -0.39 is 10.9 Å². The van der Waals surface area contributed by atoms with Gasteiger partial charge in [0.25, 0.3) is 10.9 Å². The third-order valence-corrected chi connectivity index (χ3v) is 13.4. The van der Waals surface area contributed by atoms with Crippen molar-refractivity contribution in [1.82, 2.24) is 4.90 Å². The number of esters is 2. The maximum absolute atomic E-state index is 12.9. The Morgan fingerprint density at radius 1 is 0.492 bits per heavy atom. The van der Waals surface area contributed by atoms with E-state index in [9.17, 15) is 19.2 Å². The minimum absolute atomic E-state index is 0.00483. The molecule has 0 bridgehead atoms. The number of hydrogen-bond acceptors (Lipinski definition) is 10. The molecule has 10 nitrogen and oxygen atoms in total. The van der Waals surface area contributed by atoms with Crippen molar-refractivity contribution >= 4 is 23.3 Å². The van der Waals surface area contributed by atoms with Gasteiger partial charge in [0.05, 0.1) is 19.3 Å². The van der Waals surface area contributed by atoms with Crippen molar-refractivity contribution in [3.05, 3.63) is 20.4 Å². The topological polar surface area (TPSA) is 123 Å². The lowest BCUT2D eigenvalue weighted by Gasteiger charge is -2.29. The number of carbonyl (C=O) groups is 2. The van der Waals surface area contributed by atoms with Crippen LogP contribution in [0.1, 0.15) is 259 Å². The van der Waals surface area contributed by atoms with Gasteiger partial charge >= 0.3 is 11.9 Å². The molecule has 65 heavy (non-hydrogen) atoms. The third-order valence-electron chi connectivity index (χ3n) is 13.4. The lowest BCUT2D eigenvalue weighted by Crippen LogP contribution is -2.46. The molecular formula is C55H101N3O7. The minimum Gasteiger partial charge on any atom is -0.462 e. The van der Waals surface area contributed by atoms with Crippen LogP contribution in [0.25, 0.3) is 0 Å². The number of unbranched alkanes of at least 4 members (excludes halogenated alkanes) is 23. The van der Waals surface area contributed by atoms with E-state index in [1.165, 1.54) is 96.3 Å². The second-order valence-electron chi connectivity index (χ2n) is 19.6. The van der Waals surface area contributed by atoms with Crippen LogP contribution in [0.15, 0.2) is 9.59 Å². The molecule has 0 saturated carbocycles. The number of hydrogen-bond donors (Lipinski definition) is 2. The molecule has 1 saturated heterocycles. The number of anilines is 2. The summed E-state index contributed by atoms with van der Waals surface area (Å²) in [4.78, 5) is 52.6. The van der Waals surface area contributed by atoms with Crippen molar-refractivity contribution in [3.8, 4) is 0 Å². The highest BCUT2D eigenvalue weighted by molar-refractivity contribution is 5.74. The molecule has 378 valence electrons. The molecule has 1 aliphatic rings. The molecule has 1 aliphatic heterocycles. The van der Waals surface area contributed by atoms with Gasteiger partial charge in [0.1, 0.15) is 23.6 Å². The molecule has 1 aromatic rings. The van der Waals surface area contributed by atoms with Crippen LogP contribution in [0.5, 0.6) is 0 Å². The summed E-state index contributed by atoms with van der Waals surface area (Å²) < 4.78 is 17.2. The summed E-state index contributed by atoms with van der Waals surface area (Å²) in [6, 6.07) is 0.0987. The largest absolute Gasteiger partial charge is 0.462 e. The van der Waals surface area contributed by atoms with Crippen LogP contribution < -0.4 is 21.5 Å². The highest BCUT2D eigenvalue weighted by Gasteiger charge is 2.26. The maximum Gasteiger partial charge on any atom is 0.306 e. The zero-order valence-electron chi connectivity index (χ0n) is 42.7. The van der Waals surface area contributed by atoms with Gasteiger partial charge in [0, 0.05) is 19.4 Å². The number of nitrogens with one attached hydrogen (secondary N) is 2. The summed E-state index contributed by atoms with van der Waals surface area (Å²) in [5.41, 5.74) is -0.0285. The molecule has 0 radical (unpaired) electrons. The van der Waals surface area contributed by atoms with E-state index >= 15 is 0 Å². The van der Waals surface area contributed by atoms with Crippen LogP contribution in [-0.4, -0.2) is 74.5 Å². The van der Waals surface area contributed by atoms with Crippen LogP contribution in [0.3, 0.4) is 0 Å². The van der Waals surface area contributed by atoms with E-state index in [0.29, 0.717) is 44.0 Å². The summed E-state index contributed by atoms with van der Waals surface area (Å²) in [5, 5.41) is 6.42. The Morgan fingerprint density at radius 2 is 0.877 bits per heavy atom. The average Bonchev–Trinajstić information content (AvgIpc) is 3.28. The Labute approximate surface area is 398 Å². The summed E-state index contributed by atoms with van der Waals surface area (Å²) in [6.07, 6.45) is 40.5. The molecule has 0 spiro atoms. The normalized spacial score (nSPS) is 13.4. The molecule has 0 aromatic heterocycles. The second kappa shape index (κ2) is 40.6. The Hall–Kier alpha value is -2.46. The quantitative estimate of drug-likeness (QED) is 0.0371. The van der Waals surface area contributed by atoms with E-state index in [4.69, 9.17) is 14.2 Å². The van der Waals surface area contributed by atoms with Crippen molar-refractivity contribution in [3.63, 3.8) is 0 Å². The minimum atomic E-state index is -0.435. The van der Waals surface area contributed by atoms with Gasteiger partial charge in [-0.1, -0.05) is 169 Å². The zero-order valence-corrected chi connectivity index (χ0v) is 42.7. The van der Waals surface area contributed by atoms with E-state index in [2.05, 4.69) is 43.2 Å². The van der Waals surface area contributed by atoms with Crippen LogP contribution in [0.4, 0.5) is 11.4 Å². The van der Waals surface area contributed by atoms with Gasteiger partial charge in [0.2, 0.25) is 0 Å². The predicted octanol–water partition coefficient (Wildman–Crippen LogP) is 13.8. The van der Waals surface area contributed by atoms with E-state index in [1.807, 2.05) is 0 Å². The van der Waals surface area contributed by atoms with Crippen LogP contribution in [0, 0.1) is 0 Å². The smallest absolute Gasteiger partial charge is 0.306 e. The molecule has 1 aromatic carbocycles.